The van der Waals surface area contributed by atoms with Crippen LogP contribution in [0.5, 0.6) is 23.0 Å². The van der Waals surface area contributed by atoms with Crippen LogP contribution in [-0.2, 0) is 19.2 Å². The summed E-state index contributed by atoms with van der Waals surface area (Å²) in [7, 11) is 0. The van der Waals surface area contributed by atoms with Crippen molar-refractivity contribution in [2.45, 2.75) is 27.7 Å². The van der Waals surface area contributed by atoms with Gasteiger partial charge in [-0.3, -0.25) is 0 Å². The Balaban J connectivity index is 2.76. The van der Waals surface area contributed by atoms with Gasteiger partial charge in [-0.1, -0.05) is 26.3 Å². The molecule has 0 aliphatic rings. The van der Waals surface area contributed by atoms with Gasteiger partial charge in [0, 0.05) is 40.5 Å². The molecule has 0 amide bonds. The maximum Gasteiger partial charge on any atom is 0.338 e. The number of halogens is 1. The number of rotatable bonds is 9. The molecule has 8 nitrogen and oxygen atoms in total. The Morgan fingerprint density at radius 3 is 1.30 bits per heavy atom. The quantitative estimate of drug-likeness (QED) is 0.251. The second-order valence-corrected chi connectivity index (χ2v) is 8.15. The van der Waals surface area contributed by atoms with Crippen molar-refractivity contribution in [3.05, 3.63) is 84.8 Å². The molecule has 192 valence electrons. The van der Waals surface area contributed by atoms with E-state index < -0.39 is 29.7 Å². The fourth-order valence-corrected chi connectivity index (χ4v) is 2.58. The van der Waals surface area contributed by atoms with E-state index in [0.29, 0.717) is 0 Å². The smallest absolute Gasteiger partial charge is 0.338 e. The van der Waals surface area contributed by atoms with E-state index in [1.54, 1.807) is 0 Å². The highest BCUT2D eigenvalue weighted by molar-refractivity contribution is 5.93. The number of carbonyl (C=O) groups is 4. The Labute approximate surface area is 213 Å². The summed E-state index contributed by atoms with van der Waals surface area (Å²) < 4.78 is 36.4. The van der Waals surface area contributed by atoms with E-state index in [-0.39, 0.29) is 56.4 Å². The Hall–Kier alpha value is -4.79. The van der Waals surface area contributed by atoms with Crippen molar-refractivity contribution in [3.8, 4) is 34.1 Å². The van der Waals surface area contributed by atoms with Crippen LogP contribution in [0.2, 0.25) is 0 Å². The van der Waals surface area contributed by atoms with Crippen LogP contribution < -0.4 is 18.9 Å². The van der Waals surface area contributed by atoms with Crippen LogP contribution in [0.15, 0.2) is 78.9 Å². The first-order valence-corrected chi connectivity index (χ1v) is 10.7. The number of carbonyl (C=O) groups excluding carboxylic acids is 4. The summed E-state index contributed by atoms with van der Waals surface area (Å²) in [5, 5.41) is 0. The van der Waals surface area contributed by atoms with Gasteiger partial charge in [0.25, 0.3) is 0 Å². The topological polar surface area (TPSA) is 105 Å². The van der Waals surface area contributed by atoms with E-state index >= 15 is 4.39 Å². The molecule has 37 heavy (non-hydrogen) atoms. The van der Waals surface area contributed by atoms with Crippen molar-refractivity contribution >= 4 is 23.9 Å². The van der Waals surface area contributed by atoms with Gasteiger partial charge in [0.15, 0.2) is 0 Å². The van der Waals surface area contributed by atoms with Gasteiger partial charge in [-0.2, -0.15) is 0 Å². The lowest BCUT2D eigenvalue weighted by Gasteiger charge is -2.16. The highest BCUT2D eigenvalue weighted by Gasteiger charge is 2.22. The molecule has 0 saturated heterocycles. The summed E-state index contributed by atoms with van der Waals surface area (Å²) >= 11 is 0. The molecule has 0 fully saturated rings. The molecule has 0 spiro atoms. The van der Waals surface area contributed by atoms with Gasteiger partial charge >= 0.3 is 23.9 Å². The minimum atomic E-state index is -0.975. The van der Waals surface area contributed by atoms with Gasteiger partial charge in [0.1, 0.15) is 28.8 Å². The highest BCUT2D eigenvalue weighted by atomic mass is 19.1. The van der Waals surface area contributed by atoms with Gasteiger partial charge in [-0.05, 0) is 45.4 Å². The molecule has 0 aliphatic heterocycles. The average Bonchev–Trinajstić information content (AvgIpc) is 2.78. The molecule has 0 N–H and O–H groups in total. The first-order chi connectivity index (χ1) is 17.2. The summed E-state index contributed by atoms with van der Waals surface area (Å²) in [5.41, 5.74) is -0.0626. The molecule has 2 aromatic rings. The first-order valence-electron chi connectivity index (χ1n) is 10.7. The van der Waals surface area contributed by atoms with Crippen LogP contribution in [0.3, 0.4) is 0 Å². The van der Waals surface area contributed by atoms with Crippen molar-refractivity contribution in [1.29, 1.82) is 0 Å². The van der Waals surface area contributed by atoms with Gasteiger partial charge in [0.2, 0.25) is 0 Å². The fourth-order valence-electron chi connectivity index (χ4n) is 2.58. The molecule has 0 saturated carbocycles. The predicted octanol–water partition coefficient (Wildman–Crippen LogP) is 5.42. The van der Waals surface area contributed by atoms with E-state index in [0.717, 1.165) is 12.1 Å². The molecular weight excluding hydrogens is 483 g/mol. The van der Waals surface area contributed by atoms with Gasteiger partial charge in [-0.15, -0.1) is 0 Å². The lowest BCUT2D eigenvalue weighted by molar-refractivity contribution is -0.131. The zero-order valence-corrected chi connectivity index (χ0v) is 20.9. The zero-order valence-electron chi connectivity index (χ0n) is 20.9. The maximum atomic E-state index is 15.5. The van der Waals surface area contributed by atoms with Crippen LogP contribution in [0.4, 0.5) is 4.39 Å². The van der Waals surface area contributed by atoms with Crippen molar-refractivity contribution in [1.82, 2.24) is 0 Å². The van der Waals surface area contributed by atoms with E-state index in [1.165, 1.54) is 45.9 Å². The molecular formula is C28H25FO8. The Kier molecular flexibility index (Phi) is 9.04. The molecule has 0 bridgehead atoms. The summed E-state index contributed by atoms with van der Waals surface area (Å²) in [6.07, 6.45) is 0. The summed E-state index contributed by atoms with van der Waals surface area (Å²) in [4.78, 5) is 48.5. The molecule has 0 aliphatic carbocycles. The fraction of sp³-hybridized carbons (Fsp3) is 0.143. The van der Waals surface area contributed by atoms with E-state index in [2.05, 4.69) is 26.3 Å². The van der Waals surface area contributed by atoms with Gasteiger partial charge < -0.3 is 18.9 Å². The lowest BCUT2D eigenvalue weighted by Crippen LogP contribution is -2.12. The second-order valence-electron chi connectivity index (χ2n) is 8.15. The molecule has 0 atom stereocenters. The molecule has 0 aromatic heterocycles. The first kappa shape index (κ1) is 28.4. The normalized spacial score (nSPS) is 10.1. The van der Waals surface area contributed by atoms with Crippen molar-refractivity contribution in [3.63, 3.8) is 0 Å². The highest BCUT2D eigenvalue weighted by Crippen LogP contribution is 2.40. The molecule has 0 heterocycles. The SMILES string of the molecule is C=C(C)C(=O)Oc1cc(OC(=O)C(=C)C)cc(-c2c(F)cc(OC(=O)C(=C)C)cc2OC(=O)C(=C)C)c1. The minimum absolute atomic E-state index is 0.00340. The van der Waals surface area contributed by atoms with Crippen molar-refractivity contribution in [2.24, 2.45) is 0 Å². The van der Waals surface area contributed by atoms with E-state index in [1.807, 2.05) is 0 Å². The van der Waals surface area contributed by atoms with E-state index in [4.69, 9.17) is 18.9 Å². The molecule has 0 unspecified atom stereocenters. The van der Waals surface area contributed by atoms with Crippen LogP contribution in [-0.4, -0.2) is 23.9 Å². The van der Waals surface area contributed by atoms with Crippen molar-refractivity contribution < 1.29 is 42.5 Å². The zero-order chi connectivity index (χ0) is 28.0. The number of hydrogen-bond acceptors (Lipinski definition) is 8. The Morgan fingerprint density at radius 1 is 0.568 bits per heavy atom. The number of benzene rings is 2. The number of esters is 4. The predicted molar refractivity (Wildman–Crippen MR) is 134 cm³/mol. The maximum absolute atomic E-state index is 15.5. The molecule has 0 radical (unpaired) electrons. The van der Waals surface area contributed by atoms with Crippen LogP contribution >= 0.6 is 0 Å². The third-order valence-corrected chi connectivity index (χ3v) is 4.42. The van der Waals surface area contributed by atoms with Crippen LogP contribution in [0.1, 0.15) is 27.7 Å². The minimum Gasteiger partial charge on any atom is -0.423 e. The monoisotopic (exact) mass is 508 g/mol. The summed E-state index contributed by atoms with van der Waals surface area (Å²) in [5.74, 6) is -5.12. The molecule has 2 aromatic carbocycles. The largest absolute Gasteiger partial charge is 0.423 e. The Morgan fingerprint density at radius 2 is 0.919 bits per heavy atom. The second kappa shape index (κ2) is 11.8. The summed E-state index contributed by atoms with van der Waals surface area (Å²) in [6.45, 7) is 19.6. The molecule has 9 heteroatoms. The third kappa shape index (κ3) is 7.60. The van der Waals surface area contributed by atoms with Gasteiger partial charge in [-0.25, -0.2) is 23.6 Å². The average molecular weight is 508 g/mol. The van der Waals surface area contributed by atoms with Crippen LogP contribution in [0, 0.1) is 5.82 Å². The van der Waals surface area contributed by atoms with Gasteiger partial charge in [0.05, 0.1) is 5.56 Å². The Bertz CT molecular complexity index is 1320. The molecule has 2 rings (SSSR count). The number of ether oxygens (including phenoxy) is 4. The summed E-state index contributed by atoms with van der Waals surface area (Å²) in [6, 6.07) is 5.75. The van der Waals surface area contributed by atoms with Crippen LogP contribution in [0.25, 0.3) is 11.1 Å². The van der Waals surface area contributed by atoms with E-state index in [9.17, 15) is 19.2 Å². The van der Waals surface area contributed by atoms with Crippen molar-refractivity contribution in [2.75, 3.05) is 0 Å². The lowest BCUT2D eigenvalue weighted by atomic mass is 10.0. The number of hydrogen-bond donors (Lipinski definition) is 0. The standard InChI is InChI=1S/C28H25FO8/c1-14(2)25(30)34-19-9-18(10-20(11-19)35-26(31)15(3)4)24-22(29)12-21(36-27(32)16(5)6)13-23(24)37-28(33)17(7)8/h9-13H,1,3,5,7H2,2,4,6,8H3. The third-order valence-electron chi connectivity index (χ3n) is 4.42.